The second-order valence-corrected chi connectivity index (χ2v) is 3.71. The van der Waals surface area contributed by atoms with Gasteiger partial charge in [0.15, 0.2) is 0 Å². The molecule has 2 atom stereocenters. The van der Waals surface area contributed by atoms with E-state index < -0.39 is 5.89 Å². The third-order valence-electron chi connectivity index (χ3n) is 2.57. The normalized spacial score (nSPS) is 34.5. The molecule has 0 aromatic rings. The molecule has 0 saturated heterocycles. The molecule has 1 aliphatic rings. The Hall–Kier alpha value is -0.300. The van der Waals surface area contributed by atoms with Crippen molar-refractivity contribution in [3.05, 3.63) is 11.6 Å². The van der Waals surface area contributed by atoms with Crippen LogP contribution in [0.1, 0.15) is 35.0 Å². The SMILES string of the molecule is [2H]C(C)(C)C1CC=C(C)C(O)C1. The van der Waals surface area contributed by atoms with E-state index in [4.69, 9.17) is 1.37 Å². The number of aliphatic hydroxyl groups is 1. The van der Waals surface area contributed by atoms with Gasteiger partial charge in [0, 0.05) is 1.37 Å². The second kappa shape index (κ2) is 3.40. The van der Waals surface area contributed by atoms with Crippen molar-refractivity contribution in [2.24, 2.45) is 11.8 Å². The molecule has 0 aromatic carbocycles. The van der Waals surface area contributed by atoms with E-state index in [1.54, 1.807) is 0 Å². The lowest BCUT2D eigenvalue weighted by molar-refractivity contribution is 0.149. The fourth-order valence-corrected chi connectivity index (χ4v) is 1.49. The van der Waals surface area contributed by atoms with Gasteiger partial charge in [0.2, 0.25) is 0 Å². The molecular weight excluding hydrogens is 136 g/mol. The van der Waals surface area contributed by atoms with Gasteiger partial charge in [-0.3, -0.25) is 0 Å². The van der Waals surface area contributed by atoms with Crippen LogP contribution in [0.2, 0.25) is 0 Å². The van der Waals surface area contributed by atoms with Crippen molar-refractivity contribution in [2.45, 2.75) is 39.7 Å². The maximum absolute atomic E-state index is 9.56. The fraction of sp³-hybridized carbons (Fsp3) is 0.800. The lowest BCUT2D eigenvalue weighted by Gasteiger charge is -2.27. The molecule has 0 aromatic heterocycles. The van der Waals surface area contributed by atoms with E-state index in [0.717, 1.165) is 18.4 Å². The molecule has 0 aliphatic heterocycles. The van der Waals surface area contributed by atoms with E-state index >= 15 is 0 Å². The van der Waals surface area contributed by atoms with Crippen LogP contribution in [0.25, 0.3) is 0 Å². The Morgan fingerprint density at radius 1 is 1.73 bits per heavy atom. The first-order valence-corrected chi connectivity index (χ1v) is 4.26. The number of hydrogen-bond acceptors (Lipinski definition) is 1. The molecule has 0 heterocycles. The Labute approximate surface area is 70.5 Å². The summed E-state index contributed by atoms with van der Waals surface area (Å²) < 4.78 is 7.84. The van der Waals surface area contributed by atoms with Crippen LogP contribution in [0, 0.1) is 11.8 Å². The van der Waals surface area contributed by atoms with Gasteiger partial charge in [0.05, 0.1) is 6.10 Å². The predicted molar refractivity (Wildman–Crippen MR) is 47.3 cm³/mol. The van der Waals surface area contributed by atoms with Crippen LogP contribution >= 0.6 is 0 Å². The minimum atomic E-state index is -0.418. The zero-order chi connectivity index (χ0) is 9.35. The summed E-state index contributed by atoms with van der Waals surface area (Å²) in [7, 11) is 0. The van der Waals surface area contributed by atoms with Crippen molar-refractivity contribution in [2.75, 3.05) is 0 Å². The Morgan fingerprint density at radius 2 is 2.36 bits per heavy atom. The minimum Gasteiger partial charge on any atom is -0.389 e. The van der Waals surface area contributed by atoms with Crippen molar-refractivity contribution in [1.82, 2.24) is 0 Å². The summed E-state index contributed by atoms with van der Waals surface area (Å²) in [6.07, 6.45) is 3.45. The Morgan fingerprint density at radius 3 is 2.82 bits per heavy atom. The molecule has 1 aliphatic carbocycles. The molecule has 0 radical (unpaired) electrons. The summed E-state index contributed by atoms with van der Waals surface area (Å²) in [6.45, 7) is 5.79. The van der Waals surface area contributed by atoms with E-state index in [1.807, 2.05) is 20.8 Å². The predicted octanol–water partition coefficient (Wildman–Crippen LogP) is 2.36. The number of hydrogen-bond donors (Lipinski definition) is 1. The summed E-state index contributed by atoms with van der Waals surface area (Å²) in [5, 5.41) is 9.56. The highest BCUT2D eigenvalue weighted by molar-refractivity contribution is 5.09. The van der Waals surface area contributed by atoms with Crippen LogP contribution in [0.4, 0.5) is 0 Å². The molecule has 0 fully saturated rings. The molecule has 64 valence electrons. The third-order valence-corrected chi connectivity index (χ3v) is 2.57. The molecular formula is C10H18O. The Kier molecular flexibility index (Phi) is 2.27. The first-order valence-electron chi connectivity index (χ1n) is 4.76. The summed E-state index contributed by atoms with van der Waals surface area (Å²) in [4.78, 5) is 0. The molecule has 0 saturated carbocycles. The average molecular weight is 155 g/mol. The Bertz CT molecular complexity index is 191. The highest BCUT2D eigenvalue weighted by atomic mass is 16.3. The highest BCUT2D eigenvalue weighted by Gasteiger charge is 2.21. The van der Waals surface area contributed by atoms with Gasteiger partial charge < -0.3 is 5.11 Å². The number of aliphatic hydroxyl groups excluding tert-OH is 1. The lowest BCUT2D eigenvalue weighted by atomic mass is 9.81. The van der Waals surface area contributed by atoms with Crippen LogP contribution in [-0.4, -0.2) is 11.2 Å². The van der Waals surface area contributed by atoms with E-state index in [9.17, 15) is 5.11 Å². The van der Waals surface area contributed by atoms with Crippen LogP contribution in [0.5, 0.6) is 0 Å². The van der Waals surface area contributed by atoms with Crippen LogP contribution < -0.4 is 0 Å². The van der Waals surface area contributed by atoms with Crippen molar-refractivity contribution in [3.8, 4) is 0 Å². The molecule has 0 bridgehead atoms. The van der Waals surface area contributed by atoms with Gasteiger partial charge >= 0.3 is 0 Å². The number of allylic oxidation sites excluding steroid dienone is 1. The van der Waals surface area contributed by atoms with Gasteiger partial charge in [-0.25, -0.2) is 0 Å². The Balaban J connectivity index is 2.65. The quantitative estimate of drug-likeness (QED) is 0.576. The van der Waals surface area contributed by atoms with Gasteiger partial charge in [0.1, 0.15) is 0 Å². The van der Waals surface area contributed by atoms with Gasteiger partial charge in [-0.1, -0.05) is 19.9 Å². The molecule has 2 unspecified atom stereocenters. The van der Waals surface area contributed by atoms with E-state index in [1.165, 1.54) is 0 Å². The van der Waals surface area contributed by atoms with Gasteiger partial charge in [-0.2, -0.15) is 0 Å². The van der Waals surface area contributed by atoms with Crippen LogP contribution in [0.3, 0.4) is 0 Å². The molecule has 1 heteroatoms. The first-order chi connectivity index (χ1) is 5.41. The first kappa shape index (κ1) is 7.35. The molecule has 1 rings (SSSR count). The van der Waals surface area contributed by atoms with Crippen molar-refractivity contribution in [1.29, 1.82) is 0 Å². The summed E-state index contributed by atoms with van der Waals surface area (Å²) >= 11 is 0. The van der Waals surface area contributed by atoms with E-state index in [-0.39, 0.29) is 6.10 Å². The lowest BCUT2D eigenvalue weighted by Crippen LogP contribution is -2.22. The maximum Gasteiger partial charge on any atom is 0.0750 e. The standard InChI is InChI=1S/C10H18O/c1-7(2)9-5-4-8(3)10(11)6-9/h4,7,9-11H,5-6H2,1-3H3/i7D. The monoisotopic (exact) mass is 155 g/mol. The summed E-state index contributed by atoms with van der Waals surface area (Å²) in [5.74, 6) is -0.116. The average Bonchev–Trinajstić information content (AvgIpc) is 1.92. The summed E-state index contributed by atoms with van der Waals surface area (Å²) in [6, 6.07) is 0. The molecule has 0 spiro atoms. The van der Waals surface area contributed by atoms with E-state index in [2.05, 4.69) is 6.08 Å². The van der Waals surface area contributed by atoms with Gasteiger partial charge in [-0.05, 0) is 37.2 Å². The third kappa shape index (κ3) is 2.06. The minimum absolute atomic E-state index is 0.302. The molecule has 1 nitrogen and oxygen atoms in total. The second-order valence-electron chi connectivity index (χ2n) is 3.71. The van der Waals surface area contributed by atoms with Gasteiger partial charge in [-0.15, -0.1) is 0 Å². The van der Waals surface area contributed by atoms with Crippen LogP contribution in [0.15, 0.2) is 11.6 Å². The fourth-order valence-electron chi connectivity index (χ4n) is 1.49. The zero-order valence-electron chi connectivity index (χ0n) is 8.59. The smallest absolute Gasteiger partial charge is 0.0750 e. The molecule has 0 amide bonds. The summed E-state index contributed by atoms with van der Waals surface area (Å²) in [5.41, 5.74) is 1.07. The molecule has 11 heavy (non-hydrogen) atoms. The number of rotatable bonds is 1. The van der Waals surface area contributed by atoms with E-state index in [0.29, 0.717) is 5.92 Å². The zero-order valence-corrected chi connectivity index (χ0v) is 7.59. The topological polar surface area (TPSA) is 20.2 Å². The van der Waals surface area contributed by atoms with Gasteiger partial charge in [0.25, 0.3) is 0 Å². The van der Waals surface area contributed by atoms with Crippen LogP contribution in [-0.2, 0) is 0 Å². The van der Waals surface area contributed by atoms with Crippen molar-refractivity contribution in [3.63, 3.8) is 0 Å². The molecule has 1 N–H and O–H groups in total. The largest absolute Gasteiger partial charge is 0.389 e. The van der Waals surface area contributed by atoms with Crippen molar-refractivity contribution >= 4 is 0 Å². The van der Waals surface area contributed by atoms with Crippen molar-refractivity contribution < 1.29 is 6.48 Å². The highest BCUT2D eigenvalue weighted by Crippen LogP contribution is 2.28. The maximum atomic E-state index is 9.56.